The molecule has 2 rings (SSSR count). The van der Waals surface area contributed by atoms with Crippen molar-refractivity contribution >= 4 is 11.7 Å². The highest BCUT2D eigenvalue weighted by Crippen LogP contribution is 2.35. The Morgan fingerprint density at radius 3 is 2.77 bits per heavy atom. The third-order valence-corrected chi connectivity index (χ3v) is 2.99. The van der Waals surface area contributed by atoms with Gasteiger partial charge in [-0.15, -0.1) is 0 Å². The molecule has 1 aromatic carbocycles. The number of hydrogen-bond donors (Lipinski definition) is 0. The summed E-state index contributed by atoms with van der Waals surface area (Å²) in [6.45, 7) is 3.48. The van der Waals surface area contributed by atoms with Crippen LogP contribution in [0, 0.1) is 17.0 Å². The van der Waals surface area contributed by atoms with Gasteiger partial charge in [-0.3, -0.25) is 10.1 Å². The summed E-state index contributed by atoms with van der Waals surface area (Å²) < 4.78 is 15.2. The predicted molar refractivity (Wildman–Crippen MR) is 75.8 cm³/mol. The maximum Gasteiger partial charge on any atom is 0.344 e. The summed E-state index contributed by atoms with van der Waals surface area (Å²) in [6, 6.07) is 4.02. The van der Waals surface area contributed by atoms with E-state index in [4.69, 9.17) is 14.0 Å². The van der Waals surface area contributed by atoms with Gasteiger partial charge in [0.15, 0.2) is 0 Å². The first-order chi connectivity index (χ1) is 10.5. The minimum Gasteiger partial charge on any atom is -0.496 e. The Morgan fingerprint density at radius 1 is 1.45 bits per heavy atom. The molecule has 0 fully saturated rings. The summed E-state index contributed by atoms with van der Waals surface area (Å²) >= 11 is 0. The van der Waals surface area contributed by atoms with Gasteiger partial charge in [-0.05, 0) is 19.9 Å². The predicted octanol–water partition coefficient (Wildman–Crippen LogP) is 2.74. The van der Waals surface area contributed by atoms with E-state index in [-0.39, 0.29) is 29.3 Å². The standard InChI is InChI=1S/C14H14N2O6/c1-4-21-14(17)12-8(2)22-15-13(12)10-6-5-9(16(18)19)7-11(10)20-3/h5-7H,4H2,1-3H3. The van der Waals surface area contributed by atoms with Crippen molar-refractivity contribution in [2.45, 2.75) is 13.8 Å². The molecule has 0 aliphatic heterocycles. The molecule has 8 heteroatoms. The monoisotopic (exact) mass is 306 g/mol. The molecule has 0 amide bonds. The highest BCUT2D eigenvalue weighted by molar-refractivity contribution is 5.97. The van der Waals surface area contributed by atoms with Gasteiger partial charge in [-0.2, -0.15) is 0 Å². The summed E-state index contributed by atoms with van der Waals surface area (Å²) in [7, 11) is 1.37. The van der Waals surface area contributed by atoms with E-state index in [1.54, 1.807) is 13.8 Å². The van der Waals surface area contributed by atoms with Crippen LogP contribution in [0.15, 0.2) is 22.7 Å². The second kappa shape index (κ2) is 6.25. The minimum absolute atomic E-state index is 0.126. The third-order valence-electron chi connectivity index (χ3n) is 2.99. The van der Waals surface area contributed by atoms with Gasteiger partial charge in [0.2, 0.25) is 0 Å². The average Bonchev–Trinajstić information content (AvgIpc) is 2.88. The number of non-ortho nitro benzene ring substituents is 1. The molecule has 0 spiro atoms. The van der Waals surface area contributed by atoms with Gasteiger partial charge < -0.3 is 14.0 Å². The normalized spacial score (nSPS) is 10.3. The Morgan fingerprint density at radius 2 is 2.18 bits per heavy atom. The molecule has 116 valence electrons. The van der Waals surface area contributed by atoms with E-state index in [9.17, 15) is 14.9 Å². The lowest BCUT2D eigenvalue weighted by Crippen LogP contribution is -2.07. The largest absolute Gasteiger partial charge is 0.496 e. The maximum absolute atomic E-state index is 12.0. The van der Waals surface area contributed by atoms with Crippen molar-refractivity contribution in [2.75, 3.05) is 13.7 Å². The van der Waals surface area contributed by atoms with E-state index in [2.05, 4.69) is 5.16 Å². The number of nitrogens with zero attached hydrogens (tertiary/aromatic N) is 2. The second-order valence-corrected chi connectivity index (χ2v) is 4.32. The van der Waals surface area contributed by atoms with Crippen molar-refractivity contribution in [3.05, 3.63) is 39.6 Å². The van der Waals surface area contributed by atoms with Crippen LogP contribution in [-0.2, 0) is 4.74 Å². The quantitative estimate of drug-likeness (QED) is 0.475. The molecule has 0 atom stereocenters. The van der Waals surface area contributed by atoms with Crippen molar-refractivity contribution in [1.29, 1.82) is 0 Å². The fraction of sp³-hybridized carbons (Fsp3) is 0.286. The zero-order valence-corrected chi connectivity index (χ0v) is 12.3. The third kappa shape index (κ3) is 2.76. The Labute approximate surface area is 125 Å². The molecule has 8 nitrogen and oxygen atoms in total. The summed E-state index contributed by atoms with van der Waals surface area (Å²) in [4.78, 5) is 22.3. The minimum atomic E-state index is -0.573. The van der Waals surface area contributed by atoms with Crippen LogP contribution in [0.1, 0.15) is 23.0 Å². The first kappa shape index (κ1) is 15.5. The van der Waals surface area contributed by atoms with Crippen molar-refractivity contribution in [3.63, 3.8) is 0 Å². The van der Waals surface area contributed by atoms with Gasteiger partial charge in [-0.1, -0.05) is 5.16 Å². The van der Waals surface area contributed by atoms with Crippen LogP contribution < -0.4 is 4.74 Å². The van der Waals surface area contributed by atoms with Crippen molar-refractivity contribution in [2.24, 2.45) is 0 Å². The fourth-order valence-corrected chi connectivity index (χ4v) is 1.99. The second-order valence-electron chi connectivity index (χ2n) is 4.32. The number of carbonyl (C=O) groups is 1. The topological polar surface area (TPSA) is 105 Å². The lowest BCUT2D eigenvalue weighted by Gasteiger charge is -2.07. The molecule has 0 unspecified atom stereocenters. The van der Waals surface area contributed by atoms with Gasteiger partial charge in [0.05, 0.1) is 24.7 Å². The fourth-order valence-electron chi connectivity index (χ4n) is 1.99. The van der Waals surface area contributed by atoms with Crippen LogP contribution >= 0.6 is 0 Å². The molecular formula is C14H14N2O6. The van der Waals surface area contributed by atoms with Crippen LogP contribution in [0.2, 0.25) is 0 Å². The molecule has 0 aliphatic carbocycles. The number of methoxy groups -OCH3 is 1. The smallest absolute Gasteiger partial charge is 0.344 e. The highest BCUT2D eigenvalue weighted by atomic mass is 16.6. The highest BCUT2D eigenvalue weighted by Gasteiger charge is 2.25. The summed E-state index contributed by atoms with van der Waals surface area (Å²) in [5.41, 5.74) is 0.684. The molecular weight excluding hydrogens is 292 g/mol. The molecule has 0 bridgehead atoms. The Kier molecular flexibility index (Phi) is 4.40. The van der Waals surface area contributed by atoms with Crippen LogP contribution in [-0.4, -0.2) is 29.8 Å². The first-order valence-corrected chi connectivity index (χ1v) is 6.45. The Bertz CT molecular complexity index is 722. The van der Waals surface area contributed by atoms with Gasteiger partial charge in [0.1, 0.15) is 22.8 Å². The van der Waals surface area contributed by atoms with Gasteiger partial charge in [0.25, 0.3) is 5.69 Å². The average molecular weight is 306 g/mol. The van der Waals surface area contributed by atoms with E-state index >= 15 is 0 Å². The number of ether oxygens (including phenoxy) is 2. The van der Waals surface area contributed by atoms with E-state index < -0.39 is 10.9 Å². The number of carbonyl (C=O) groups excluding carboxylic acids is 1. The number of hydrogen-bond acceptors (Lipinski definition) is 7. The van der Waals surface area contributed by atoms with Crippen molar-refractivity contribution in [1.82, 2.24) is 5.16 Å². The van der Waals surface area contributed by atoms with Crippen molar-refractivity contribution in [3.8, 4) is 17.0 Å². The molecule has 0 saturated carbocycles. The number of nitro groups is 1. The Hall–Kier alpha value is -2.90. The summed E-state index contributed by atoms with van der Waals surface area (Å²) in [5.74, 6) is -0.0569. The van der Waals surface area contributed by atoms with E-state index in [0.29, 0.717) is 11.3 Å². The number of nitro benzene ring substituents is 1. The summed E-state index contributed by atoms with van der Waals surface area (Å²) in [6.07, 6.45) is 0. The SMILES string of the molecule is CCOC(=O)c1c(-c2ccc([N+](=O)[O-])cc2OC)noc1C. The van der Waals surface area contributed by atoms with Crippen LogP contribution in [0.25, 0.3) is 11.3 Å². The molecule has 0 N–H and O–H groups in total. The number of rotatable bonds is 5. The van der Waals surface area contributed by atoms with Crippen LogP contribution in [0.3, 0.4) is 0 Å². The number of aryl methyl sites for hydroxylation is 1. The zero-order valence-electron chi connectivity index (χ0n) is 12.3. The lowest BCUT2D eigenvalue weighted by molar-refractivity contribution is -0.384. The van der Waals surface area contributed by atoms with Crippen LogP contribution in [0.5, 0.6) is 5.75 Å². The van der Waals surface area contributed by atoms with Gasteiger partial charge in [0, 0.05) is 11.6 Å². The molecule has 22 heavy (non-hydrogen) atoms. The zero-order chi connectivity index (χ0) is 16.3. The molecule has 0 aliphatic rings. The van der Waals surface area contributed by atoms with E-state index in [0.717, 1.165) is 0 Å². The molecule has 2 aromatic rings. The van der Waals surface area contributed by atoms with E-state index in [1.165, 1.54) is 25.3 Å². The maximum atomic E-state index is 12.0. The van der Waals surface area contributed by atoms with Gasteiger partial charge >= 0.3 is 5.97 Å². The number of aromatic nitrogens is 1. The molecule has 1 heterocycles. The Balaban J connectivity index is 2.57. The first-order valence-electron chi connectivity index (χ1n) is 6.45. The molecule has 0 radical (unpaired) electrons. The molecule has 0 saturated heterocycles. The number of esters is 1. The molecule has 1 aromatic heterocycles. The van der Waals surface area contributed by atoms with Gasteiger partial charge in [-0.25, -0.2) is 4.79 Å². The lowest BCUT2D eigenvalue weighted by atomic mass is 10.0. The van der Waals surface area contributed by atoms with Crippen molar-refractivity contribution < 1.29 is 23.7 Å². The van der Waals surface area contributed by atoms with Crippen LogP contribution in [0.4, 0.5) is 5.69 Å². The van der Waals surface area contributed by atoms with E-state index in [1.807, 2.05) is 0 Å². The number of benzene rings is 1. The summed E-state index contributed by atoms with van der Waals surface area (Å²) in [5, 5.41) is 14.7.